The minimum atomic E-state index is -1.14. The first-order valence-corrected chi connectivity index (χ1v) is 19.8. The third-order valence-corrected chi connectivity index (χ3v) is 11.6. The van der Waals surface area contributed by atoms with E-state index in [0.717, 1.165) is 56.6 Å². The van der Waals surface area contributed by atoms with Gasteiger partial charge in [0.25, 0.3) is 5.24 Å². The zero-order valence-electron chi connectivity index (χ0n) is 31.0. The van der Waals surface area contributed by atoms with Crippen molar-refractivity contribution >= 4 is 34.1 Å². The van der Waals surface area contributed by atoms with Crippen LogP contribution in [0.25, 0.3) is 22.3 Å². The molecule has 2 aromatic heterocycles. The van der Waals surface area contributed by atoms with E-state index >= 15 is 0 Å². The van der Waals surface area contributed by atoms with Gasteiger partial charge in [-0.05, 0) is 69.6 Å². The number of imide groups is 1. The molecule has 1 atom stereocenters. The van der Waals surface area contributed by atoms with Crippen LogP contribution in [0.15, 0.2) is 188 Å². The van der Waals surface area contributed by atoms with E-state index in [2.05, 4.69) is 45.9 Å². The second kappa shape index (κ2) is 15.8. The molecule has 2 amide bonds. The van der Waals surface area contributed by atoms with Gasteiger partial charge in [-0.2, -0.15) is 0 Å². The van der Waals surface area contributed by atoms with E-state index in [-0.39, 0.29) is 17.8 Å². The van der Waals surface area contributed by atoms with E-state index in [4.69, 9.17) is 9.72 Å². The summed E-state index contributed by atoms with van der Waals surface area (Å²) in [5.74, 6) is 1.23. The number of aromatic nitrogens is 3. The lowest BCUT2D eigenvalue weighted by atomic mass is 9.75. The Morgan fingerprint density at radius 2 is 1.14 bits per heavy atom. The number of hydrogen-bond donors (Lipinski definition) is 0. The molecule has 8 aromatic rings. The van der Waals surface area contributed by atoms with E-state index in [1.165, 1.54) is 16.0 Å². The average molecular weight is 763 g/mol. The lowest BCUT2D eigenvalue weighted by molar-refractivity contribution is -0.129. The summed E-state index contributed by atoms with van der Waals surface area (Å²) in [7, 11) is 0. The smallest absolute Gasteiger partial charge is 0.290 e. The molecule has 278 valence electrons. The minimum Gasteiger partial charge on any atom is -0.486 e. The van der Waals surface area contributed by atoms with E-state index in [1.54, 1.807) is 6.20 Å². The zero-order chi connectivity index (χ0) is 38.6. The molecule has 9 rings (SSSR count). The molecule has 1 aliphatic rings. The van der Waals surface area contributed by atoms with Crippen molar-refractivity contribution in [3.8, 4) is 16.9 Å². The number of pyridine rings is 1. The third-order valence-electron chi connectivity index (χ3n) is 10.5. The summed E-state index contributed by atoms with van der Waals surface area (Å²) in [4.78, 5) is 39.7. The number of carbonyl (C=O) groups excluding carboxylic acids is 2. The zero-order valence-corrected chi connectivity index (χ0v) is 31.8. The Morgan fingerprint density at radius 3 is 1.74 bits per heavy atom. The van der Waals surface area contributed by atoms with Crippen molar-refractivity contribution in [2.45, 2.75) is 30.4 Å². The highest BCUT2D eigenvalue weighted by Gasteiger charge is 2.54. The number of imidazole rings is 1. The molecular weight excluding hydrogens is 725 g/mol. The highest BCUT2D eigenvalue weighted by Crippen LogP contribution is 2.48. The van der Waals surface area contributed by atoms with Crippen molar-refractivity contribution in [3.63, 3.8) is 0 Å². The van der Waals surface area contributed by atoms with Gasteiger partial charge in [-0.3, -0.25) is 14.5 Å². The molecule has 0 bridgehead atoms. The molecule has 6 aromatic carbocycles. The highest BCUT2D eigenvalue weighted by atomic mass is 32.2. The molecule has 0 spiro atoms. The number of fused-ring (bicyclic) bond motifs is 1. The third kappa shape index (κ3) is 7.00. The Balaban J connectivity index is 0.931. The maximum Gasteiger partial charge on any atom is 0.290 e. The van der Waals surface area contributed by atoms with Crippen LogP contribution < -0.4 is 4.74 Å². The van der Waals surface area contributed by atoms with Crippen LogP contribution in [0.2, 0.25) is 0 Å². The fourth-order valence-electron chi connectivity index (χ4n) is 7.80. The van der Waals surface area contributed by atoms with Crippen LogP contribution >= 0.6 is 11.8 Å². The first-order chi connectivity index (χ1) is 28.1. The van der Waals surface area contributed by atoms with E-state index in [0.29, 0.717) is 18.7 Å². The van der Waals surface area contributed by atoms with Gasteiger partial charge in [0, 0.05) is 6.20 Å². The average Bonchev–Trinajstić information content (AvgIpc) is 3.76. The number of hydrogen-bond acceptors (Lipinski definition) is 6. The predicted molar refractivity (Wildman–Crippen MR) is 226 cm³/mol. The summed E-state index contributed by atoms with van der Waals surface area (Å²) in [5, 5.41) is -0.861. The van der Waals surface area contributed by atoms with Gasteiger partial charge in [-0.1, -0.05) is 169 Å². The first kappa shape index (κ1) is 35.9. The van der Waals surface area contributed by atoms with Crippen LogP contribution in [-0.2, 0) is 29.9 Å². The SMILES string of the molecule is O=C1SC(Cc2ccc(OCc3nc4cccnc4n3Cc3ccc(-c4ccccc4)cc3)cc2)C(=O)N1C(c1ccccc1)(c1ccccc1)c1ccccc1. The molecule has 0 radical (unpaired) electrons. The number of rotatable bonds is 12. The van der Waals surface area contributed by atoms with Gasteiger partial charge in [0.1, 0.15) is 29.2 Å². The molecule has 1 saturated heterocycles. The van der Waals surface area contributed by atoms with Crippen molar-refractivity contribution in [2.75, 3.05) is 0 Å². The normalized spacial score (nSPS) is 14.3. The van der Waals surface area contributed by atoms with Crippen LogP contribution in [0.5, 0.6) is 5.75 Å². The molecule has 7 nitrogen and oxygen atoms in total. The minimum absolute atomic E-state index is 0.218. The Bertz CT molecular complexity index is 2540. The van der Waals surface area contributed by atoms with E-state index in [1.807, 2.05) is 146 Å². The molecule has 0 N–H and O–H groups in total. The molecular formula is C49H38N4O3S. The number of amides is 2. The standard InChI is InChI=1S/C49H38N4O3S/c54-47-44(57-48(55)53(47)49(39-16-7-2-8-17-39,40-18-9-3-10-19-40)41-20-11-4-12-21-41)32-35-25-29-42(30-26-35)56-34-45-51-43-22-13-31-50-46(43)52(45)33-36-23-27-38(28-24-36)37-14-5-1-6-15-37/h1-31,44H,32-34H2. The summed E-state index contributed by atoms with van der Waals surface area (Å²) >= 11 is 1.09. The summed E-state index contributed by atoms with van der Waals surface area (Å²) in [6.45, 7) is 0.849. The molecule has 1 aliphatic heterocycles. The van der Waals surface area contributed by atoms with Gasteiger partial charge >= 0.3 is 0 Å². The summed E-state index contributed by atoms with van der Waals surface area (Å²) in [5.41, 5.74) is 7.42. The second-order valence-electron chi connectivity index (χ2n) is 14.0. The fourth-order valence-corrected chi connectivity index (χ4v) is 8.85. The Hall–Kier alpha value is -6.77. The number of benzene rings is 6. The molecule has 0 aliphatic carbocycles. The molecule has 1 fully saturated rings. The van der Waals surface area contributed by atoms with Crippen molar-refractivity contribution in [2.24, 2.45) is 0 Å². The molecule has 1 unspecified atom stereocenters. The maximum absolute atomic E-state index is 14.6. The van der Waals surface area contributed by atoms with E-state index in [9.17, 15) is 9.59 Å². The van der Waals surface area contributed by atoms with Crippen LogP contribution in [-0.4, -0.2) is 35.8 Å². The van der Waals surface area contributed by atoms with Gasteiger partial charge in [0.15, 0.2) is 5.65 Å². The lowest BCUT2D eigenvalue weighted by Crippen LogP contribution is -2.51. The number of nitrogens with zero attached hydrogens (tertiary/aromatic N) is 4. The quantitative estimate of drug-likeness (QED) is 0.115. The van der Waals surface area contributed by atoms with Crippen molar-refractivity contribution < 1.29 is 14.3 Å². The Morgan fingerprint density at radius 1 is 0.596 bits per heavy atom. The topological polar surface area (TPSA) is 77.3 Å². The first-order valence-electron chi connectivity index (χ1n) is 19.0. The van der Waals surface area contributed by atoms with Crippen LogP contribution in [0.1, 0.15) is 33.6 Å². The number of thioether (sulfide) groups is 1. The monoisotopic (exact) mass is 762 g/mol. The van der Waals surface area contributed by atoms with Crippen molar-refractivity contribution in [1.29, 1.82) is 0 Å². The van der Waals surface area contributed by atoms with Gasteiger partial charge < -0.3 is 9.30 Å². The summed E-state index contributed by atoms with van der Waals surface area (Å²) in [6.07, 6.45) is 2.18. The summed E-state index contributed by atoms with van der Waals surface area (Å²) < 4.78 is 8.41. The van der Waals surface area contributed by atoms with Crippen LogP contribution in [0, 0.1) is 0 Å². The predicted octanol–water partition coefficient (Wildman–Crippen LogP) is 10.3. The lowest BCUT2D eigenvalue weighted by Gasteiger charge is -2.42. The van der Waals surface area contributed by atoms with Gasteiger partial charge in [-0.25, -0.2) is 9.97 Å². The van der Waals surface area contributed by atoms with Gasteiger partial charge in [-0.15, -0.1) is 0 Å². The Labute approximate surface area is 335 Å². The Kier molecular flexibility index (Phi) is 9.93. The fraction of sp³-hybridized carbons (Fsp3) is 0.102. The largest absolute Gasteiger partial charge is 0.486 e. The number of ether oxygens (including phenoxy) is 1. The van der Waals surface area contributed by atoms with Crippen molar-refractivity contribution in [1.82, 2.24) is 19.4 Å². The van der Waals surface area contributed by atoms with Gasteiger partial charge in [0.2, 0.25) is 5.91 Å². The van der Waals surface area contributed by atoms with Crippen LogP contribution in [0.3, 0.4) is 0 Å². The second-order valence-corrected chi connectivity index (χ2v) is 15.2. The highest BCUT2D eigenvalue weighted by molar-refractivity contribution is 8.15. The van der Waals surface area contributed by atoms with Gasteiger partial charge in [0.05, 0.1) is 11.8 Å². The molecule has 57 heavy (non-hydrogen) atoms. The van der Waals surface area contributed by atoms with Crippen molar-refractivity contribution in [3.05, 3.63) is 222 Å². The molecule has 8 heteroatoms. The molecule has 0 saturated carbocycles. The van der Waals surface area contributed by atoms with Crippen LogP contribution in [0.4, 0.5) is 4.79 Å². The maximum atomic E-state index is 14.6. The van der Waals surface area contributed by atoms with E-state index < -0.39 is 10.8 Å². The summed E-state index contributed by atoms with van der Waals surface area (Å²) in [6, 6.07) is 60.0. The number of carbonyl (C=O) groups is 2. The molecule has 3 heterocycles.